The molecule has 0 bridgehead atoms. The van der Waals surface area contributed by atoms with Crippen LogP contribution in [0.1, 0.15) is 44.9 Å². The summed E-state index contributed by atoms with van der Waals surface area (Å²) in [5, 5.41) is 0. The van der Waals surface area contributed by atoms with Crippen LogP contribution in [0.5, 0.6) is 0 Å². The third-order valence-corrected chi connectivity index (χ3v) is 4.55. The van der Waals surface area contributed by atoms with Gasteiger partial charge in [0.05, 0.1) is 0 Å². The summed E-state index contributed by atoms with van der Waals surface area (Å²) in [6.07, 6.45) is 9.22. The van der Waals surface area contributed by atoms with Gasteiger partial charge in [0.2, 0.25) is 0 Å². The summed E-state index contributed by atoms with van der Waals surface area (Å²) in [4.78, 5) is 5.19. The minimum Gasteiger partial charge on any atom is -0.328 e. The molecule has 100 valence electrons. The van der Waals surface area contributed by atoms with E-state index < -0.39 is 0 Å². The monoisotopic (exact) mass is 239 g/mol. The molecule has 17 heavy (non-hydrogen) atoms. The summed E-state index contributed by atoms with van der Waals surface area (Å²) in [5.41, 5.74) is 5.95. The van der Waals surface area contributed by atoms with E-state index in [-0.39, 0.29) is 0 Å². The lowest BCUT2D eigenvalue weighted by atomic mass is 9.91. The average molecular weight is 239 g/mol. The Morgan fingerprint density at radius 2 is 1.76 bits per heavy atom. The third-order valence-electron chi connectivity index (χ3n) is 4.55. The second-order valence-electron chi connectivity index (χ2n) is 5.95. The zero-order valence-electron chi connectivity index (χ0n) is 11.4. The molecular weight excluding hydrogens is 210 g/mol. The highest BCUT2D eigenvalue weighted by Gasteiger charge is 2.21. The van der Waals surface area contributed by atoms with E-state index in [0.29, 0.717) is 6.04 Å². The van der Waals surface area contributed by atoms with Gasteiger partial charge in [0.25, 0.3) is 0 Å². The smallest absolute Gasteiger partial charge is 0.00933 e. The molecule has 0 aromatic carbocycles. The molecule has 0 atom stereocenters. The second kappa shape index (κ2) is 6.72. The predicted molar refractivity (Wildman–Crippen MR) is 73.2 cm³/mol. The Labute approximate surface area is 106 Å². The van der Waals surface area contributed by atoms with Crippen molar-refractivity contribution in [3.8, 4) is 0 Å². The lowest BCUT2D eigenvalue weighted by molar-refractivity contribution is 0.174. The van der Waals surface area contributed by atoms with Gasteiger partial charge >= 0.3 is 0 Å². The van der Waals surface area contributed by atoms with E-state index in [1.807, 2.05) is 0 Å². The van der Waals surface area contributed by atoms with Crippen LogP contribution < -0.4 is 5.73 Å². The largest absolute Gasteiger partial charge is 0.328 e. The Bertz CT molecular complexity index is 206. The lowest BCUT2D eigenvalue weighted by Crippen LogP contribution is -2.39. The van der Waals surface area contributed by atoms with Crippen LogP contribution in [-0.4, -0.2) is 55.1 Å². The van der Waals surface area contributed by atoms with Crippen molar-refractivity contribution in [1.82, 2.24) is 9.80 Å². The normalized spacial score (nSPS) is 31.2. The van der Waals surface area contributed by atoms with E-state index in [1.165, 1.54) is 71.1 Å². The molecule has 2 rings (SSSR count). The van der Waals surface area contributed by atoms with Crippen LogP contribution in [0.25, 0.3) is 0 Å². The zero-order valence-corrected chi connectivity index (χ0v) is 11.4. The van der Waals surface area contributed by atoms with Crippen LogP contribution in [0.3, 0.4) is 0 Å². The molecule has 0 radical (unpaired) electrons. The Morgan fingerprint density at radius 1 is 1.12 bits per heavy atom. The van der Waals surface area contributed by atoms with E-state index in [4.69, 9.17) is 5.73 Å². The molecule has 0 aromatic rings. The SMILES string of the molecule is CN(CCCN1CCCC1)C1CCC(N)CC1. The first-order valence-electron chi connectivity index (χ1n) is 7.44. The maximum atomic E-state index is 5.95. The van der Waals surface area contributed by atoms with Crippen LogP contribution >= 0.6 is 0 Å². The molecule has 2 aliphatic rings. The van der Waals surface area contributed by atoms with E-state index in [2.05, 4.69) is 16.8 Å². The molecule has 1 aliphatic heterocycles. The van der Waals surface area contributed by atoms with Crippen LogP contribution in [0.15, 0.2) is 0 Å². The van der Waals surface area contributed by atoms with E-state index in [9.17, 15) is 0 Å². The minimum atomic E-state index is 0.476. The predicted octanol–water partition coefficient (Wildman–Crippen LogP) is 1.67. The number of likely N-dealkylation sites (tertiary alicyclic amines) is 1. The molecule has 1 saturated carbocycles. The molecule has 2 N–H and O–H groups in total. The van der Waals surface area contributed by atoms with Crippen LogP contribution in [0, 0.1) is 0 Å². The Hall–Kier alpha value is -0.120. The van der Waals surface area contributed by atoms with Gasteiger partial charge in [-0.25, -0.2) is 0 Å². The van der Waals surface area contributed by atoms with Crippen LogP contribution in [0.4, 0.5) is 0 Å². The molecule has 3 heteroatoms. The molecule has 0 spiro atoms. The van der Waals surface area contributed by atoms with E-state index in [0.717, 1.165) is 6.04 Å². The zero-order chi connectivity index (χ0) is 12.1. The summed E-state index contributed by atoms with van der Waals surface area (Å²) in [7, 11) is 2.30. The van der Waals surface area contributed by atoms with Crippen molar-refractivity contribution in [3.05, 3.63) is 0 Å². The fraction of sp³-hybridized carbons (Fsp3) is 1.00. The highest BCUT2D eigenvalue weighted by atomic mass is 15.2. The molecule has 2 fully saturated rings. The summed E-state index contributed by atoms with van der Waals surface area (Å²) >= 11 is 0. The van der Waals surface area contributed by atoms with Crippen molar-refractivity contribution in [1.29, 1.82) is 0 Å². The van der Waals surface area contributed by atoms with Gasteiger partial charge in [0, 0.05) is 12.1 Å². The van der Waals surface area contributed by atoms with Gasteiger partial charge in [0.15, 0.2) is 0 Å². The number of nitrogens with zero attached hydrogens (tertiary/aromatic N) is 2. The highest BCUT2D eigenvalue weighted by molar-refractivity contribution is 4.80. The van der Waals surface area contributed by atoms with Crippen molar-refractivity contribution in [3.63, 3.8) is 0 Å². The fourth-order valence-electron chi connectivity index (χ4n) is 3.27. The quantitative estimate of drug-likeness (QED) is 0.792. The number of rotatable bonds is 5. The first-order valence-corrected chi connectivity index (χ1v) is 7.44. The van der Waals surface area contributed by atoms with Gasteiger partial charge in [-0.2, -0.15) is 0 Å². The van der Waals surface area contributed by atoms with Crippen molar-refractivity contribution in [2.24, 2.45) is 5.73 Å². The van der Waals surface area contributed by atoms with Gasteiger partial charge in [-0.15, -0.1) is 0 Å². The standard InChI is InChI=1S/C14H29N3/c1-16(14-7-5-13(15)6-8-14)9-4-12-17-10-2-3-11-17/h13-14H,2-12,15H2,1H3. The molecule has 0 amide bonds. The third kappa shape index (κ3) is 4.23. The highest BCUT2D eigenvalue weighted by Crippen LogP contribution is 2.21. The summed E-state index contributed by atoms with van der Waals surface area (Å²) in [5.74, 6) is 0. The average Bonchev–Trinajstić information content (AvgIpc) is 2.83. The van der Waals surface area contributed by atoms with Crippen molar-refractivity contribution >= 4 is 0 Å². The Balaban J connectivity index is 1.58. The van der Waals surface area contributed by atoms with Crippen LogP contribution in [-0.2, 0) is 0 Å². The summed E-state index contributed by atoms with van der Waals surface area (Å²) < 4.78 is 0. The molecule has 1 aliphatic carbocycles. The van der Waals surface area contributed by atoms with Crippen LogP contribution in [0.2, 0.25) is 0 Å². The fourth-order valence-corrected chi connectivity index (χ4v) is 3.27. The van der Waals surface area contributed by atoms with Crippen molar-refractivity contribution in [2.45, 2.75) is 57.0 Å². The first kappa shape index (κ1) is 13.3. The van der Waals surface area contributed by atoms with Gasteiger partial charge in [-0.1, -0.05) is 0 Å². The molecular formula is C14H29N3. The number of hydrogen-bond acceptors (Lipinski definition) is 3. The first-order chi connectivity index (χ1) is 8.25. The van der Waals surface area contributed by atoms with Gasteiger partial charge in [0.1, 0.15) is 0 Å². The molecule has 1 heterocycles. The molecule has 0 aromatic heterocycles. The molecule has 0 unspecified atom stereocenters. The van der Waals surface area contributed by atoms with Gasteiger partial charge < -0.3 is 15.5 Å². The molecule has 3 nitrogen and oxygen atoms in total. The van der Waals surface area contributed by atoms with Crippen molar-refractivity contribution in [2.75, 3.05) is 33.2 Å². The van der Waals surface area contributed by atoms with Crippen molar-refractivity contribution < 1.29 is 0 Å². The number of hydrogen-bond donors (Lipinski definition) is 1. The molecule has 1 saturated heterocycles. The van der Waals surface area contributed by atoms with Gasteiger partial charge in [-0.05, 0) is 78.2 Å². The maximum absolute atomic E-state index is 5.95. The summed E-state index contributed by atoms with van der Waals surface area (Å²) in [6, 6.07) is 1.28. The number of nitrogens with two attached hydrogens (primary N) is 1. The van der Waals surface area contributed by atoms with Gasteiger partial charge in [-0.3, -0.25) is 0 Å². The van der Waals surface area contributed by atoms with E-state index in [1.54, 1.807) is 0 Å². The minimum absolute atomic E-state index is 0.476. The lowest BCUT2D eigenvalue weighted by Gasteiger charge is -2.33. The summed E-state index contributed by atoms with van der Waals surface area (Å²) in [6.45, 7) is 5.23. The Kier molecular flexibility index (Phi) is 5.26. The van der Waals surface area contributed by atoms with E-state index >= 15 is 0 Å². The Morgan fingerprint density at radius 3 is 2.41 bits per heavy atom. The maximum Gasteiger partial charge on any atom is 0.00933 e. The topological polar surface area (TPSA) is 32.5 Å². The second-order valence-corrected chi connectivity index (χ2v) is 5.95.